The van der Waals surface area contributed by atoms with Gasteiger partial charge in [0, 0.05) is 66.0 Å². The molecule has 5 nitrogen and oxygen atoms in total. The zero-order valence-electron chi connectivity index (χ0n) is 21.3. The van der Waals surface area contributed by atoms with Gasteiger partial charge in [0.2, 0.25) is 0 Å². The molecule has 0 aliphatic carbocycles. The summed E-state index contributed by atoms with van der Waals surface area (Å²) in [6, 6.07) is 28.7. The SMILES string of the molecule is CNC(=O)c1c(-c2ccc(F)cc2)oc2cc(N(C)C)c(-c3cccc(-c4cc5ccccc5[nH]4)c3)cc12. The van der Waals surface area contributed by atoms with Crippen molar-refractivity contribution in [3.05, 3.63) is 102 Å². The van der Waals surface area contributed by atoms with Crippen LogP contribution in [0.25, 0.3) is 55.6 Å². The molecular weight excluding hydrogens is 477 g/mol. The monoisotopic (exact) mass is 503 g/mol. The molecular formula is C32H26FN3O2. The molecule has 6 aromatic rings. The van der Waals surface area contributed by atoms with Gasteiger partial charge < -0.3 is 19.6 Å². The summed E-state index contributed by atoms with van der Waals surface area (Å²) in [6.45, 7) is 0. The molecule has 6 heteroatoms. The van der Waals surface area contributed by atoms with Crippen molar-refractivity contribution in [3.63, 3.8) is 0 Å². The molecule has 0 radical (unpaired) electrons. The van der Waals surface area contributed by atoms with Crippen LogP contribution in [0.3, 0.4) is 0 Å². The number of aromatic nitrogens is 1. The second-order valence-corrected chi connectivity index (χ2v) is 9.50. The largest absolute Gasteiger partial charge is 0.455 e. The Balaban J connectivity index is 1.56. The fourth-order valence-electron chi connectivity index (χ4n) is 4.97. The zero-order chi connectivity index (χ0) is 26.4. The first-order chi connectivity index (χ1) is 18.4. The summed E-state index contributed by atoms with van der Waals surface area (Å²) in [5.41, 5.74) is 7.77. The van der Waals surface area contributed by atoms with Crippen molar-refractivity contribution in [1.29, 1.82) is 0 Å². The fourth-order valence-corrected chi connectivity index (χ4v) is 4.97. The van der Waals surface area contributed by atoms with E-state index in [2.05, 4.69) is 46.7 Å². The Bertz CT molecular complexity index is 1780. The van der Waals surface area contributed by atoms with Crippen molar-refractivity contribution in [2.24, 2.45) is 0 Å². The lowest BCUT2D eigenvalue weighted by molar-refractivity contribution is 0.0964. The fraction of sp³-hybridized carbons (Fsp3) is 0.0938. The number of hydrogen-bond acceptors (Lipinski definition) is 3. The van der Waals surface area contributed by atoms with E-state index >= 15 is 0 Å². The summed E-state index contributed by atoms with van der Waals surface area (Å²) in [7, 11) is 5.56. The summed E-state index contributed by atoms with van der Waals surface area (Å²) in [5, 5.41) is 4.59. The number of halogens is 1. The molecule has 6 rings (SSSR count). The minimum absolute atomic E-state index is 0.265. The highest BCUT2D eigenvalue weighted by Crippen LogP contribution is 2.41. The predicted molar refractivity (Wildman–Crippen MR) is 152 cm³/mol. The number of nitrogens with one attached hydrogen (secondary N) is 2. The van der Waals surface area contributed by atoms with Gasteiger partial charge in [0.15, 0.2) is 0 Å². The lowest BCUT2D eigenvalue weighted by atomic mass is 9.96. The number of furan rings is 1. The van der Waals surface area contributed by atoms with Crippen molar-refractivity contribution in [1.82, 2.24) is 10.3 Å². The number of amides is 1. The molecule has 4 aromatic carbocycles. The van der Waals surface area contributed by atoms with E-state index in [9.17, 15) is 9.18 Å². The van der Waals surface area contributed by atoms with Crippen LogP contribution in [0.15, 0.2) is 95.4 Å². The average Bonchev–Trinajstić information content (AvgIpc) is 3.54. The van der Waals surface area contributed by atoms with Crippen molar-refractivity contribution in [3.8, 4) is 33.7 Å². The van der Waals surface area contributed by atoms with Gasteiger partial charge in [0.05, 0.1) is 5.56 Å². The van der Waals surface area contributed by atoms with Crippen LogP contribution in [0.1, 0.15) is 10.4 Å². The molecule has 0 atom stereocenters. The molecule has 0 saturated carbocycles. The molecule has 38 heavy (non-hydrogen) atoms. The molecule has 0 aliphatic rings. The van der Waals surface area contributed by atoms with Crippen LogP contribution in [-0.2, 0) is 0 Å². The lowest BCUT2D eigenvalue weighted by Crippen LogP contribution is -2.18. The molecule has 2 aromatic heterocycles. The number of carbonyl (C=O) groups is 1. The van der Waals surface area contributed by atoms with Gasteiger partial charge in [-0.2, -0.15) is 0 Å². The molecule has 1 amide bonds. The average molecular weight is 504 g/mol. The minimum Gasteiger partial charge on any atom is -0.455 e. The van der Waals surface area contributed by atoms with E-state index in [0.717, 1.165) is 39.0 Å². The Morgan fingerprint density at radius 2 is 1.63 bits per heavy atom. The van der Waals surface area contributed by atoms with Crippen LogP contribution in [0.2, 0.25) is 0 Å². The van der Waals surface area contributed by atoms with Gasteiger partial charge in [0.1, 0.15) is 17.2 Å². The molecule has 2 heterocycles. The van der Waals surface area contributed by atoms with E-state index in [1.54, 1.807) is 19.2 Å². The highest BCUT2D eigenvalue weighted by Gasteiger charge is 2.24. The number of rotatable bonds is 5. The molecule has 0 aliphatic heterocycles. The number of hydrogen-bond donors (Lipinski definition) is 2. The molecule has 0 bridgehead atoms. The Morgan fingerprint density at radius 3 is 2.37 bits per heavy atom. The van der Waals surface area contributed by atoms with Gasteiger partial charge in [0.25, 0.3) is 5.91 Å². The summed E-state index contributed by atoms with van der Waals surface area (Å²) in [4.78, 5) is 18.6. The maximum atomic E-state index is 13.6. The highest BCUT2D eigenvalue weighted by molar-refractivity contribution is 6.13. The van der Waals surface area contributed by atoms with E-state index in [-0.39, 0.29) is 11.7 Å². The van der Waals surface area contributed by atoms with Crippen LogP contribution < -0.4 is 10.2 Å². The van der Waals surface area contributed by atoms with Gasteiger partial charge in [-0.05, 0) is 59.7 Å². The first-order valence-corrected chi connectivity index (χ1v) is 12.4. The van der Waals surface area contributed by atoms with E-state index in [1.165, 1.54) is 12.1 Å². The first-order valence-electron chi connectivity index (χ1n) is 12.4. The third-order valence-corrected chi connectivity index (χ3v) is 6.86. The van der Waals surface area contributed by atoms with Crippen LogP contribution >= 0.6 is 0 Å². The van der Waals surface area contributed by atoms with Crippen molar-refractivity contribution in [2.75, 3.05) is 26.0 Å². The summed E-state index contributed by atoms with van der Waals surface area (Å²) in [6.07, 6.45) is 0. The minimum atomic E-state index is -0.349. The molecule has 0 unspecified atom stereocenters. The van der Waals surface area contributed by atoms with E-state index < -0.39 is 0 Å². The standard InChI is InChI=1S/C32H26FN3O2/c1-34-32(37)30-25-17-24(20-8-6-9-21(15-20)27-16-22-7-4-5-10-26(22)35-27)28(36(2)3)18-29(25)38-31(30)19-11-13-23(33)14-12-19/h4-18,35H,1-3H3,(H,34,37). The molecule has 0 fully saturated rings. The van der Waals surface area contributed by atoms with E-state index in [1.807, 2.05) is 49.3 Å². The second-order valence-electron chi connectivity index (χ2n) is 9.50. The van der Waals surface area contributed by atoms with Crippen LogP contribution in [0.4, 0.5) is 10.1 Å². The number of nitrogens with zero attached hydrogens (tertiary/aromatic N) is 1. The number of fused-ring (bicyclic) bond motifs is 2. The summed E-state index contributed by atoms with van der Waals surface area (Å²) < 4.78 is 19.9. The smallest absolute Gasteiger partial charge is 0.255 e. The number of benzene rings is 4. The molecule has 0 saturated heterocycles. The highest BCUT2D eigenvalue weighted by atomic mass is 19.1. The van der Waals surface area contributed by atoms with Crippen LogP contribution in [0, 0.1) is 5.82 Å². The predicted octanol–water partition coefficient (Wildman–Crippen LogP) is 7.48. The number of anilines is 1. The van der Waals surface area contributed by atoms with Crippen molar-refractivity contribution < 1.29 is 13.6 Å². The summed E-state index contributed by atoms with van der Waals surface area (Å²) >= 11 is 0. The van der Waals surface area contributed by atoms with Crippen molar-refractivity contribution >= 4 is 33.5 Å². The third-order valence-electron chi connectivity index (χ3n) is 6.86. The van der Waals surface area contributed by atoms with E-state index in [0.29, 0.717) is 27.9 Å². The number of carbonyl (C=O) groups excluding carboxylic acids is 1. The normalized spacial score (nSPS) is 11.3. The lowest BCUT2D eigenvalue weighted by Gasteiger charge is -2.18. The van der Waals surface area contributed by atoms with Gasteiger partial charge in [-0.25, -0.2) is 4.39 Å². The van der Waals surface area contributed by atoms with Gasteiger partial charge in [-0.3, -0.25) is 4.79 Å². The number of para-hydroxylation sites is 1. The zero-order valence-corrected chi connectivity index (χ0v) is 21.3. The maximum absolute atomic E-state index is 13.6. The number of H-pyrrole nitrogens is 1. The molecule has 188 valence electrons. The quantitative estimate of drug-likeness (QED) is 0.256. The Labute approximate surface area is 219 Å². The van der Waals surface area contributed by atoms with Crippen molar-refractivity contribution in [2.45, 2.75) is 0 Å². The Hall–Kier alpha value is -4.84. The first kappa shape index (κ1) is 23.6. The second kappa shape index (κ2) is 9.23. The van der Waals surface area contributed by atoms with Gasteiger partial charge >= 0.3 is 0 Å². The van der Waals surface area contributed by atoms with E-state index in [4.69, 9.17) is 4.42 Å². The van der Waals surface area contributed by atoms with Gasteiger partial charge in [-0.15, -0.1) is 0 Å². The van der Waals surface area contributed by atoms with Crippen LogP contribution in [-0.4, -0.2) is 32.0 Å². The van der Waals surface area contributed by atoms with Crippen LogP contribution in [0.5, 0.6) is 0 Å². The Kier molecular flexibility index (Phi) is 5.72. The third kappa shape index (κ3) is 4.00. The van der Waals surface area contributed by atoms with Gasteiger partial charge in [-0.1, -0.05) is 36.4 Å². The maximum Gasteiger partial charge on any atom is 0.255 e. The summed E-state index contributed by atoms with van der Waals surface area (Å²) in [5.74, 6) is -0.204. The number of aromatic amines is 1. The topological polar surface area (TPSA) is 61.3 Å². The molecule has 0 spiro atoms. The molecule has 2 N–H and O–H groups in total. The Morgan fingerprint density at radius 1 is 0.868 bits per heavy atom.